The molecule has 2 saturated heterocycles. The van der Waals surface area contributed by atoms with Gasteiger partial charge in [-0.25, -0.2) is 0 Å². The van der Waals surface area contributed by atoms with Crippen molar-refractivity contribution in [2.45, 2.75) is 63.5 Å². The van der Waals surface area contributed by atoms with Crippen LogP contribution in [0.2, 0.25) is 0 Å². The Balaban J connectivity index is 1.24. The third kappa shape index (κ3) is 4.40. The molecule has 2 fully saturated rings. The molecule has 1 unspecified atom stereocenters. The molecule has 30 heavy (non-hydrogen) atoms. The summed E-state index contributed by atoms with van der Waals surface area (Å²) in [4.78, 5) is 39.5. The number of rotatable bonds is 8. The first-order valence-corrected chi connectivity index (χ1v) is 11.6. The number of thiocarbonyl (C=S) groups is 1. The van der Waals surface area contributed by atoms with E-state index in [1.807, 2.05) is 0 Å². The van der Waals surface area contributed by atoms with Gasteiger partial charge in [0, 0.05) is 24.4 Å². The molecule has 160 valence electrons. The molecule has 0 radical (unpaired) electrons. The number of ketones is 1. The molecule has 6 heteroatoms. The Labute approximate surface area is 183 Å². The smallest absolute Gasteiger partial charge is 0.223 e. The minimum absolute atomic E-state index is 0.0586. The van der Waals surface area contributed by atoms with Crippen LogP contribution >= 0.6 is 12.2 Å². The molecule has 1 aromatic carbocycles. The van der Waals surface area contributed by atoms with Crippen LogP contribution in [-0.2, 0) is 27.2 Å². The van der Waals surface area contributed by atoms with Crippen LogP contribution in [0.1, 0.15) is 49.7 Å². The predicted molar refractivity (Wildman–Crippen MR) is 119 cm³/mol. The number of fused-ring (bicyclic) bond motifs is 1. The van der Waals surface area contributed by atoms with E-state index in [0.717, 1.165) is 44.8 Å². The Morgan fingerprint density at radius 3 is 2.60 bits per heavy atom. The number of hydrogen-bond donors (Lipinski definition) is 1. The minimum Gasteiger partial charge on any atom is -0.333 e. The topological polar surface area (TPSA) is 66.5 Å². The van der Waals surface area contributed by atoms with Crippen molar-refractivity contribution in [3.05, 3.63) is 35.4 Å². The van der Waals surface area contributed by atoms with Crippen LogP contribution < -0.4 is 5.32 Å². The van der Waals surface area contributed by atoms with Crippen LogP contribution in [0.25, 0.3) is 0 Å². The van der Waals surface area contributed by atoms with E-state index in [4.69, 9.17) is 12.2 Å². The largest absolute Gasteiger partial charge is 0.333 e. The fraction of sp³-hybridized carbons (Fsp3) is 0.583. The molecule has 3 aliphatic rings. The maximum absolute atomic E-state index is 13.1. The first-order valence-electron chi connectivity index (χ1n) is 11.2. The minimum atomic E-state index is -0.570. The van der Waals surface area contributed by atoms with Crippen molar-refractivity contribution < 1.29 is 14.4 Å². The molecule has 1 N–H and O–H groups in total. The molecule has 1 aliphatic carbocycles. The Bertz CT molecular complexity index is 814. The van der Waals surface area contributed by atoms with Gasteiger partial charge in [-0.1, -0.05) is 42.9 Å². The number of benzene rings is 1. The highest BCUT2D eigenvalue weighted by atomic mass is 32.1. The van der Waals surface area contributed by atoms with Gasteiger partial charge in [-0.15, -0.1) is 0 Å². The summed E-state index contributed by atoms with van der Waals surface area (Å²) in [5.74, 6) is 0.131. The molecule has 2 heterocycles. The lowest BCUT2D eigenvalue weighted by Crippen LogP contribution is -2.47. The van der Waals surface area contributed by atoms with Crippen LogP contribution in [-0.4, -0.2) is 52.9 Å². The zero-order valence-corrected chi connectivity index (χ0v) is 18.2. The summed E-state index contributed by atoms with van der Waals surface area (Å²) in [7, 11) is 0. The molecule has 1 amide bonds. The van der Waals surface area contributed by atoms with Gasteiger partial charge in [0.05, 0.1) is 18.0 Å². The molecule has 3 atom stereocenters. The van der Waals surface area contributed by atoms with Crippen LogP contribution in [0.5, 0.6) is 0 Å². The lowest BCUT2D eigenvalue weighted by Gasteiger charge is -2.27. The number of nitrogens with zero attached hydrogens (tertiary/aromatic N) is 1. The van der Waals surface area contributed by atoms with Gasteiger partial charge in [0.2, 0.25) is 5.91 Å². The molecular formula is C24H30N2O3S. The molecule has 0 saturated carbocycles. The highest BCUT2D eigenvalue weighted by molar-refractivity contribution is 7.80. The second-order valence-corrected chi connectivity index (χ2v) is 9.45. The number of carbonyl (C=O) groups excluding carboxylic acids is 3. The summed E-state index contributed by atoms with van der Waals surface area (Å²) in [5, 5.41) is 3.00. The molecular weight excluding hydrogens is 396 g/mol. The van der Waals surface area contributed by atoms with Gasteiger partial charge in [0.1, 0.15) is 6.29 Å². The van der Waals surface area contributed by atoms with Crippen molar-refractivity contribution in [3.8, 4) is 0 Å². The van der Waals surface area contributed by atoms with E-state index in [1.54, 1.807) is 4.90 Å². The number of carbonyl (C=O) groups is 3. The Morgan fingerprint density at radius 1 is 1.17 bits per heavy atom. The summed E-state index contributed by atoms with van der Waals surface area (Å²) >= 11 is 5.32. The second kappa shape index (κ2) is 9.48. The summed E-state index contributed by atoms with van der Waals surface area (Å²) in [6, 6.07) is 7.71. The zero-order chi connectivity index (χ0) is 21.1. The van der Waals surface area contributed by atoms with Crippen molar-refractivity contribution in [1.82, 2.24) is 10.2 Å². The molecule has 0 aromatic heterocycles. The molecule has 1 aromatic rings. The van der Waals surface area contributed by atoms with Crippen molar-refractivity contribution >= 4 is 35.1 Å². The highest BCUT2D eigenvalue weighted by Gasteiger charge is 2.43. The number of nitrogens with one attached hydrogen (secondary N) is 1. The number of likely N-dealkylation sites (tertiary alicyclic amines) is 1. The van der Waals surface area contributed by atoms with E-state index < -0.39 is 18.0 Å². The summed E-state index contributed by atoms with van der Waals surface area (Å²) in [6.45, 7) is 1.05. The Kier molecular flexibility index (Phi) is 6.74. The SMILES string of the molecule is O=C[C@H]1NCC(=S)C1C(=O)[C@@H]1CCCN1C(=O)CCCCC1Cc2ccccc2C1. The van der Waals surface area contributed by atoms with E-state index in [0.29, 0.717) is 36.7 Å². The zero-order valence-electron chi connectivity index (χ0n) is 17.3. The maximum Gasteiger partial charge on any atom is 0.223 e. The second-order valence-electron chi connectivity index (χ2n) is 8.92. The van der Waals surface area contributed by atoms with Gasteiger partial charge < -0.3 is 15.0 Å². The molecule has 0 spiro atoms. The van der Waals surface area contributed by atoms with E-state index >= 15 is 0 Å². The number of hydrogen-bond acceptors (Lipinski definition) is 5. The first kappa shape index (κ1) is 21.3. The lowest BCUT2D eigenvalue weighted by molar-refractivity contribution is -0.138. The van der Waals surface area contributed by atoms with E-state index in [-0.39, 0.29) is 11.7 Å². The predicted octanol–water partition coefficient (Wildman–Crippen LogP) is 2.68. The number of unbranched alkanes of at least 4 members (excludes halogenated alkanes) is 1. The van der Waals surface area contributed by atoms with Gasteiger partial charge in [-0.2, -0.15) is 0 Å². The van der Waals surface area contributed by atoms with Crippen LogP contribution in [0.3, 0.4) is 0 Å². The van der Waals surface area contributed by atoms with Gasteiger partial charge >= 0.3 is 0 Å². The third-order valence-electron chi connectivity index (χ3n) is 6.96. The average Bonchev–Trinajstić information content (AvgIpc) is 3.47. The summed E-state index contributed by atoms with van der Waals surface area (Å²) in [5.41, 5.74) is 2.95. The van der Waals surface area contributed by atoms with Crippen LogP contribution in [0.4, 0.5) is 0 Å². The van der Waals surface area contributed by atoms with Crippen molar-refractivity contribution in [3.63, 3.8) is 0 Å². The molecule has 0 bridgehead atoms. The molecule has 5 nitrogen and oxygen atoms in total. The highest BCUT2D eigenvalue weighted by Crippen LogP contribution is 2.30. The third-order valence-corrected chi connectivity index (χ3v) is 7.36. The van der Waals surface area contributed by atoms with Gasteiger partial charge in [0.25, 0.3) is 0 Å². The van der Waals surface area contributed by atoms with Gasteiger partial charge in [-0.05, 0) is 55.6 Å². The van der Waals surface area contributed by atoms with Gasteiger partial charge in [0.15, 0.2) is 5.78 Å². The maximum atomic E-state index is 13.1. The summed E-state index contributed by atoms with van der Waals surface area (Å²) in [6.07, 6.45) is 8.13. The normalized spacial score (nSPS) is 26.2. The van der Waals surface area contributed by atoms with E-state index in [1.165, 1.54) is 11.1 Å². The number of amides is 1. The fourth-order valence-corrected chi connectivity index (χ4v) is 5.73. The average molecular weight is 427 g/mol. The van der Waals surface area contributed by atoms with Gasteiger partial charge in [-0.3, -0.25) is 9.59 Å². The van der Waals surface area contributed by atoms with E-state index in [2.05, 4.69) is 29.6 Å². The van der Waals surface area contributed by atoms with Crippen molar-refractivity contribution in [2.75, 3.05) is 13.1 Å². The lowest BCUT2D eigenvalue weighted by atomic mass is 9.90. The Morgan fingerprint density at radius 2 is 1.90 bits per heavy atom. The van der Waals surface area contributed by atoms with Crippen LogP contribution in [0, 0.1) is 11.8 Å². The van der Waals surface area contributed by atoms with E-state index in [9.17, 15) is 14.4 Å². The number of Topliss-reactive ketones (excluding diaryl/α,β-unsaturated/α-hetero) is 1. The van der Waals surface area contributed by atoms with Crippen LogP contribution in [0.15, 0.2) is 24.3 Å². The summed E-state index contributed by atoms with van der Waals surface area (Å²) < 4.78 is 0. The van der Waals surface area contributed by atoms with Crippen molar-refractivity contribution in [1.29, 1.82) is 0 Å². The quantitative estimate of drug-likeness (QED) is 0.393. The van der Waals surface area contributed by atoms with Crippen molar-refractivity contribution in [2.24, 2.45) is 11.8 Å². The molecule has 4 rings (SSSR count). The fourth-order valence-electron chi connectivity index (χ4n) is 5.38. The molecule has 2 aliphatic heterocycles. The standard InChI is InChI=1S/C24H30N2O3S/c27-15-19-23(21(30)14-25-19)24(29)20-9-5-11-26(20)22(28)10-4-1-6-16-12-17-7-2-3-8-18(17)13-16/h2-3,7-8,15-16,19-20,23,25H,1,4-6,9-14H2/t19-,20+,23?/m1/s1. The Hall–Kier alpha value is -1.92. The number of aldehydes is 1. The first-order chi connectivity index (χ1) is 14.6. The monoisotopic (exact) mass is 426 g/mol.